The number of anilines is 2. The summed E-state index contributed by atoms with van der Waals surface area (Å²) in [5, 5.41) is 20.5. The second-order valence-corrected chi connectivity index (χ2v) is 15.7. The van der Waals surface area contributed by atoms with Gasteiger partial charge in [0.05, 0.1) is 28.9 Å². The number of likely N-dealkylation sites (tertiary alicyclic amines) is 1. The Morgan fingerprint density at radius 1 is 1.02 bits per heavy atom. The Morgan fingerprint density at radius 2 is 1.67 bits per heavy atom. The number of piperidine rings is 1. The number of nitrogens with one attached hydrogen (secondary N) is 2. The average Bonchev–Trinajstić information content (AvgIpc) is 3.40. The largest absolute Gasteiger partial charge is 0.444 e. The number of benzene rings is 1. The number of amides is 1. The number of rotatable bonds is 9. The predicted molar refractivity (Wildman–Crippen MR) is 171 cm³/mol. The molecule has 0 atom stereocenters. The van der Waals surface area contributed by atoms with Crippen LogP contribution in [-0.2, 0) is 27.5 Å². The van der Waals surface area contributed by atoms with Crippen LogP contribution in [0.2, 0.25) is 0 Å². The number of hydrogen-bond donors (Lipinski definition) is 3. The van der Waals surface area contributed by atoms with Crippen LogP contribution in [0.25, 0.3) is 11.3 Å². The highest BCUT2D eigenvalue weighted by Crippen LogP contribution is 2.36. The van der Waals surface area contributed by atoms with Crippen molar-refractivity contribution in [2.24, 2.45) is 0 Å². The summed E-state index contributed by atoms with van der Waals surface area (Å²) in [4.78, 5) is 21.8. The first kappa shape index (κ1) is 35.5. The lowest BCUT2D eigenvalue weighted by molar-refractivity contribution is -0.137. The lowest BCUT2D eigenvalue weighted by Crippen LogP contribution is -2.63. The zero-order chi connectivity index (χ0) is 35.1. The van der Waals surface area contributed by atoms with E-state index in [1.54, 1.807) is 18.7 Å². The number of nitrogens with zero attached hydrogens (tertiary/aromatic N) is 6. The summed E-state index contributed by atoms with van der Waals surface area (Å²) in [6, 6.07) is 6.10. The molecule has 2 fully saturated rings. The highest BCUT2D eigenvalue weighted by atomic mass is 32.2. The Morgan fingerprint density at radius 3 is 2.25 bits per heavy atom. The number of halogens is 3. The van der Waals surface area contributed by atoms with E-state index < -0.39 is 38.7 Å². The first-order valence-corrected chi connectivity index (χ1v) is 17.0. The number of hydrogen-bond acceptors (Lipinski definition) is 10. The number of carbonyl (C=O) groups is 1. The monoisotopic (exact) mass is 694 g/mol. The van der Waals surface area contributed by atoms with Crippen molar-refractivity contribution in [2.75, 3.05) is 31.5 Å². The van der Waals surface area contributed by atoms with Crippen LogP contribution >= 0.6 is 0 Å². The van der Waals surface area contributed by atoms with Crippen LogP contribution in [-0.4, -0.2) is 98.0 Å². The summed E-state index contributed by atoms with van der Waals surface area (Å²) in [7, 11) is -3.78. The smallest absolute Gasteiger partial charge is 0.419 e. The maximum atomic E-state index is 13.8. The van der Waals surface area contributed by atoms with Gasteiger partial charge in [0.25, 0.3) is 0 Å². The minimum atomic E-state index is -4.73. The van der Waals surface area contributed by atoms with Crippen LogP contribution in [0, 0.1) is 0 Å². The van der Waals surface area contributed by atoms with Crippen LogP contribution in [0.15, 0.2) is 47.8 Å². The topological polar surface area (TPSA) is 155 Å². The van der Waals surface area contributed by atoms with E-state index >= 15 is 0 Å². The lowest BCUT2D eigenvalue weighted by atomic mass is 10.0. The molecule has 0 bridgehead atoms. The zero-order valence-corrected chi connectivity index (χ0v) is 28.3. The first-order chi connectivity index (χ1) is 22.3. The number of ether oxygens (including phenoxy) is 1. The molecule has 2 saturated heterocycles. The predicted octanol–water partition coefficient (Wildman–Crippen LogP) is 4.24. The molecule has 3 aromatic rings. The van der Waals surface area contributed by atoms with Gasteiger partial charge in [-0.05, 0) is 71.7 Å². The molecule has 2 aromatic heterocycles. The Balaban J connectivity index is 1.18. The van der Waals surface area contributed by atoms with E-state index in [4.69, 9.17) is 4.74 Å². The molecule has 0 saturated carbocycles. The number of carbonyl (C=O) groups excluding carboxylic acids is 1. The maximum absolute atomic E-state index is 13.8. The average molecular weight is 695 g/mol. The van der Waals surface area contributed by atoms with Crippen molar-refractivity contribution in [3.05, 3.63) is 48.4 Å². The SMILES string of the molecule is CC(C)(O)Cn1cc(-c2nc(Nc3ccc(S(=O)(=O)N4CCC(NC5CN(C(=O)OC(C)(C)C)C5)CC4)cc3)ncc2C(F)(F)F)cn1. The van der Waals surface area contributed by atoms with Crippen molar-refractivity contribution in [3.63, 3.8) is 0 Å². The van der Waals surface area contributed by atoms with E-state index in [9.17, 15) is 31.5 Å². The van der Waals surface area contributed by atoms with Gasteiger partial charge in [0.1, 0.15) is 11.2 Å². The fraction of sp³-hybridized carbons (Fsp3) is 0.548. The Bertz CT molecular complexity index is 1710. The van der Waals surface area contributed by atoms with Gasteiger partial charge in [-0.2, -0.15) is 22.6 Å². The molecule has 4 heterocycles. The fourth-order valence-electron chi connectivity index (χ4n) is 5.48. The Hall–Kier alpha value is -3.80. The molecule has 17 heteroatoms. The van der Waals surface area contributed by atoms with E-state index in [2.05, 4.69) is 25.7 Å². The van der Waals surface area contributed by atoms with Crippen molar-refractivity contribution < 1.29 is 36.2 Å². The van der Waals surface area contributed by atoms with E-state index in [1.165, 1.54) is 45.6 Å². The summed E-state index contributed by atoms with van der Waals surface area (Å²) in [6.45, 7) is 10.4. The molecule has 5 rings (SSSR count). The van der Waals surface area contributed by atoms with Gasteiger partial charge in [0, 0.05) is 61.9 Å². The molecule has 262 valence electrons. The van der Waals surface area contributed by atoms with Gasteiger partial charge in [0.15, 0.2) is 0 Å². The quantitative estimate of drug-likeness (QED) is 0.297. The van der Waals surface area contributed by atoms with Crippen LogP contribution in [0.3, 0.4) is 0 Å². The minimum Gasteiger partial charge on any atom is -0.444 e. The highest BCUT2D eigenvalue weighted by molar-refractivity contribution is 7.89. The molecule has 13 nitrogen and oxygen atoms in total. The van der Waals surface area contributed by atoms with Crippen molar-refractivity contribution in [1.82, 2.24) is 34.3 Å². The molecule has 1 amide bonds. The lowest BCUT2D eigenvalue weighted by Gasteiger charge is -2.43. The van der Waals surface area contributed by atoms with Gasteiger partial charge < -0.3 is 25.4 Å². The number of aliphatic hydroxyl groups is 1. The van der Waals surface area contributed by atoms with E-state index in [-0.39, 0.29) is 41.1 Å². The van der Waals surface area contributed by atoms with Gasteiger partial charge in [-0.3, -0.25) is 4.68 Å². The molecule has 2 aliphatic heterocycles. The minimum absolute atomic E-state index is 0.0609. The Labute approximate surface area is 277 Å². The Kier molecular flexibility index (Phi) is 9.80. The summed E-state index contributed by atoms with van der Waals surface area (Å²) in [6.07, 6.45) is -0.557. The van der Waals surface area contributed by atoms with Crippen molar-refractivity contribution in [2.45, 2.75) is 88.4 Å². The molecule has 2 aliphatic rings. The molecule has 0 aliphatic carbocycles. The van der Waals surface area contributed by atoms with E-state index in [0.717, 1.165) is 0 Å². The second-order valence-electron chi connectivity index (χ2n) is 13.8. The molecule has 1 aromatic carbocycles. The summed E-state index contributed by atoms with van der Waals surface area (Å²) < 4.78 is 76.4. The van der Waals surface area contributed by atoms with Crippen LogP contribution in [0.4, 0.5) is 29.6 Å². The van der Waals surface area contributed by atoms with Gasteiger partial charge in [-0.1, -0.05) is 0 Å². The van der Waals surface area contributed by atoms with Crippen molar-refractivity contribution >= 4 is 27.8 Å². The standard InChI is InChI=1S/C31H41F3N8O5S/c1-29(2,3)47-28(43)40-17-23(18-40)37-22-10-12-42(13-11-22)48(45,46)24-8-6-21(7-9-24)38-27-35-15-25(31(32,33)34)26(39-27)20-14-36-41(16-20)19-30(4,5)44/h6-9,14-16,22-23,37,44H,10-13,17-19H2,1-5H3,(H,35,38,39). The normalized spacial score (nSPS) is 17.3. The first-order valence-electron chi connectivity index (χ1n) is 15.6. The molecular weight excluding hydrogens is 653 g/mol. The van der Waals surface area contributed by atoms with Crippen LogP contribution in [0.5, 0.6) is 0 Å². The maximum Gasteiger partial charge on any atom is 0.419 e. The van der Waals surface area contributed by atoms with Crippen LogP contribution in [0.1, 0.15) is 53.0 Å². The van der Waals surface area contributed by atoms with Crippen molar-refractivity contribution in [1.29, 1.82) is 0 Å². The summed E-state index contributed by atoms with van der Waals surface area (Å²) in [5.74, 6) is -0.126. The molecular formula is C31H41F3N8O5S. The molecule has 3 N–H and O–H groups in total. The number of aromatic nitrogens is 4. The highest BCUT2D eigenvalue weighted by Gasteiger charge is 2.37. The fourth-order valence-corrected chi connectivity index (χ4v) is 6.95. The molecule has 0 spiro atoms. The van der Waals surface area contributed by atoms with E-state index in [0.29, 0.717) is 50.9 Å². The second kappa shape index (κ2) is 13.2. The van der Waals surface area contributed by atoms with Gasteiger partial charge >= 0.3 is 12.3 Å². The van der Waals surface area contributed by atoms with Gasteiger partial charge in [0.2, 0.25) is 16.0 Å². The molecule has 0 unspecified atom stereocenters. The molecule has 0 radical (unpaired) electrons. The zero-order valence-electron chi connectivity index (χ0n) is 27.5. The summed E-state index contributed by atoms with van der Waals surface area (Å²) in [5.41, 5.74) is -2.66. The summed E-state index contributed by atoms with van der Waals surface area (Å²) >= 11 is 0. The van der Waals surface area contributed by atoms with E-state index in [1.807, 2.05) is 20.8 Å². The number of sulfonamides is 1. The van der Waals surface area contributed by atoms with Crippen molar-refractivity contribution in [3.8, 4) is 11.3 Å². The van der Waals surface area contributed by atoms with Gasteiger partial charge in [-0.25, -0.2) is 23.2 Å². The van der Waals surface area contributed by atoms with Gasteiger partial charge in [-0.15, -0.1) is 0 Å². The molecule has 48 heavy (non-hydrogen) atoms. The number of alkyl halides is 3. The third-order valence-electron chi connectivity index (χ3n) is 7.76. The third-order valence-corrected chi connectivity index (χ3v) is 9.67. The third kappa shape index (κ3) is 8.80. The van der Waals surface area contributed by atoms with Crippen LogP contribution < -0.4 is 10.6 Å².